The second-order valence-corrected chi connectivity index (χ2v) is 7.01. The van der Waals surface area contributed by atoms with E-state index in [1.807, 2.05) is 6.92 Å². The van der Waals surface area contributed by atoms with E-state index in [4.69, 9.17) is 4.74 Å². The Morgan fingerprint density at radius 1 is 0.903 bits per heavy atom. The molecule has 31 heavy (non-hydrogen) atoms. The van der Waals surface area contributed by atoms with Crippen molar-refractivity contribution in [2.45, 2.75) is 6.92 Å². The monoisotopic (exact) mass is 420 g/mol. The first kappa shape index (κ1) is 20.3. The molecule has 0 radical (unpaired) electrons. The molecule has 0 saturated heterocycles. The Bertz CT molecular complexity index is 1220. The van der Waals surface area contributed by atoms with Gasteiger partial charge in [0.2, 0.25) is 0 Å². The molecule has 0 saturated carbocycles. The number of hydrogen-bond donors (Lipinski definition) is 1. The van der Waals surface area contributed by atoms with Crippen LogP contribution in [0.2, 0.25) is 0 Å². The van der Waals surface area contributed by atoms with E-state index in [0.717, 1.165) is 23.8 Å². The fourth-order valence-corrected chi connectivity index (χ4v) is 3.35. The van der Waals surface area contributed by atoms with Crippen LogP contribution in [0.3, 0.4) is 0 Å². The fourth-order valence-electron chi connectivity index (χ4n) is 3.35. The first-order chi connectivity index (χ1) is 14.9. The van der Waals surface area contributed by atoms with Gasteiger partial charge in [-0.25, -0.2) is 13.7 Å². The van der Waals surface area contributed by atoms with Crippen molar-refractivity contribution in [3.8, 4) is 5.75 Å². The van der Waals surface area contributed by atoms with Gasteiger partial charge in [-0.05, 0) is 36.8 Å². The molecule has 3 aromatic rings. The molecule has 1 aliphatic rings. The second-order valence-electron chi connectivity index (χ2n) is 7.01. The summed E-state index contributed by atoms with van der Waals surface area (Å²) >= 11 is 0. The van der Waals surface area contributed by atoms with Crippen molar-refractivity contribution < 1.29 is 23.1 Å². The number of anilines is 2. The summed E-state index contributed by atoms with van der Waals surface area (Å²) in [5.41, 5.74) is 1.54. The van der Waals surface area contributed by atoms with E-state index in [1.165, 1.54) is 7.11 Å². The van der Waals surface area contributed by atoms with E-state index in [-0.39, 0.29) is 11.3 Å². The number of nitrogens with zero attached hydrogens (tertiary/aromatic N) is 1. The Morgan fingerprint density at radius 2 is 1.65 bits per heavy atom. The average Bonchev–Trinajstić information content (AvgIpc) is 3.00. The minimum absolute atomic E-state index is 0.0363. The summed E-state index contributed by atoms with van der Waals surface area (Å²) in [6, 6.07) is 16.4. The number of rotatable bonds is 5. The molecule has 5 nitrogen and oxygen atoms in total. The zero-order chi connectivity index (χ0) is 22.1. The lowest BCUT2D eigenvalue weighted by Crippen LogP contribution is -2.33. The van der Waals surface area contributed by atoms with Crippen molar-refractivity contribution in [2.24, 2.45) is 0 Å². The zero-order valence-corrected chi connectivity index (χ0v) is 16.8. The van der Waals surface area contributed by atoms with Gasteiger partial charge < -0.3 is 10.1 Å². The zero-order valence-electron chi connectivity index (χ0n) is 16.8. The molecule has 1 aliphatic heterocycles. The highest BCUT2D eigenvalue weighted by Crippen LogP contribution is 2.35. The van der Waals surface area contributed by atoms with Crippen molar-refractivity contribution >= 4 is 28.8 Å². The Labute approximate surface area is 177 Å². The summed E-state index contributed by atoms with van der Waals surface area (Å²) in [5, 5.41) is 2.96. The maximum absolute atomic E-state index is 14.4. The highest BCUT2D eigenvalue weighted by atomic mass is 19.1. The number of amides is 2. The van der Waals surface area contributed by atoms with Crippen LogP contribution in [0, 0.1) is 18.6 Å². The fraction of sp³-hybridized carbons (Fsp3) is 0.0833. The summed E-state index contributed by atoms with van der Waals surface area (Å²) in [4.78, 5) is 27.2. The van der Waals surface area contributed by atoms with E-state index in [2.05, 4.69) is 5.32 Å². The molecule has 4 rings (SSSR count). The third-order valence-corrected chi connectivity index (χ3v) is 4.91. The van der Waals surface area contributed by atoms with E-state index in [1.54, 1.807) is 48.5 Å². The largest absolute Gasteiger partial charge is 0.497 e. The van der Waals surface area contributed by atoms with Crippen molar-refractivity contribution in [1.29, 1.82) is 0 Å². The van der Waals surface area contributed by atoms with Gasteiger partial charge in [0.15, 0.2) is 0 Å². The van der Waals surface area contributed by atoms with Crippen LogP contribution in [-0.4, -0.2) is 18.9 Å². The molecule has 7 heteroatoms. The molecule has 0 aliphatic carbocycles. The Kier molecular flexibility index (Phi) is 5.25. The molecule has 0 unspecified atom stereocenters. The SMILES string of the molecule is COc1cccc(NC2=C(c3ccc(C)cc3)C(=O)N(c3cc(F)ccc3F)C2=O)c1. The maximum Gasteiger partial charge on any atom is 0.282 e. The van der Waals surface area contributed by atoms with Crippen molar-refractivity contribution in [1.82, 2.24) is 0 Å². The average molecular weight is 420 g/mol. The summed E-state index contributed by atoms with van der Waals surface area (Å²) < 4.78 is 33.4. The van der Waals surface area contributed by atoms with Crippen LogP contribution in [0.1, 0.15) is 11.1 Å². The lowest BCUT2D eigenvalue weighted by atomic mass is 10.0. The molecule has 0 atom stereocenters. The number of imide groups is 1. The summed E-state index contributed by atoms with van der Waals surface area (Å²) in [6.45, 7) is 1.89. The highest BCUT2D eigenvalue weighted by Gasteiger charge is 2.41. The van der Waals surface area contributed by atoms with Gasteiger partial charge in [-0.3, -0.25) is 9.59 Å². The lowest BCUT2D eigenvalue weighted by Gasteiger charge is -2.16. The van der Waals surface area contributed by atoms with E-state index in [9.17, 15) is 18.4 Å². The number of carbonyl (C=O) groups is 2. The summed E-state index contributed by atoms with van der Waals surface area (Å²) in [7, 11) is 1.51. The van der Waals surface area contributed by atoms with Crippen molar-refractivity contribution in [2.75, 3.05) is 17.3 Å². The van der Waals surface area contributed by atoms with Gasteiger partial charge in [-0.15, -0.1) is 0 Å². The number of aryl methyl sites for hydroxylation is 1. The topological polar surface area (TPSA) is 58.6 Å². The summed E-state index contributed by atoms with van der Waals surface area (Å²) in [5.74, 6) is -2.62. The molecular formula is C24H18F2N2O3. The van der Waals surface area contributed by atoms with Crippen molar-refractivity contribution in [3.05, 3.63) is 95.2 Å². The third-order valence-electron chi connectivity index (χ3n) is 4.91. The first-order valence-corrected chi connectivity index (χ1v) is 9.45. The smallest absolute Gasteiger partial charge is 0.282 e. The number of benzene rings is 3. The van der Waals surface area contributed by atoms with Crippen LogP contribution in [-0.2, 0) is 9.59 Å². The van der Waals surface area contributed by atoms with E-state index < -0.39 is 29.1 Å². The number of methoxy groups -OCH3 is 1. The van der Waals surface area contributed by atoms with Gasteiger partial charge in [0, 0.05) is 17.8 Å². The number of hydrogen-bond acceptors (Lipinski definition) is 4. The van der Waals surface area contributed by atoms with Crippen LogP contribution in [0.5, 0.6) is 5.75 Å². The van der Waals surface area contributed by atoms with Gasteiger partial charge in [0.05, 0.1) is 18.4 Å². The van der Waals surface area contributed by atoms with Gasteiger partial charge >= 0.3 is 0 Å². The van der Waals surface area contributed by atoms with E-state index >= 15 is 0 Å². The molecule has 0 bridgehead atoms. The molecule has 0 aromatic heterocycles. The van der Waals surface area contributed by atoms with Crippen LogP contribution < -0.4 is 15.0 Å². The molecule has 2 amide bonds. The number of ether oxygens (including phenoxy) is 1. The molecule has 1 N–H and O–H groups in total. The third kappa shape index (κ3) is 3.77. The molecule has 1 heterocycles. The van der Waals surface area contributed by atoms with Gasteiger partial charge in [0.1, 0.15) is 23.1 Å². The standard InChI is InChI=1S/C24H18F2N2O3/c1-14-6-8-15(9-7-14)21-22(27-17-4-3-5-18(13-17)31-2)24(30)28(23(21)29)20-12-16(25)10-11-19(20)26/h3-13,27H,1-2H3. The maximum atomic E-state index is 14.4. The number of nitrogens with one attached hydrogen (secondary N) is 1. The predicted molar refractivity (Wildman–Crippen MR) is 114 cm³/mol. The quantitative estimate of drug-likeness (QED) is 0.609. The Balaban J connectivity index is 1.84. The minimum atomic E-state index is -0.881. The number of halogens is 2. The molecular weight excluding hydrogens is 402 g/mol. The van der Waals surface area contributed by atoms with Crippen LogP contribution in [0.15, 0.2) is 72.4 Å². The van der Waals surface area contributed by atoms with Gasteiger partial charge in [-0.2, -0.15) is 0 Å². The normalized spacial score (nSPS) is 13.7. The number of carbonyl (C=O) groups excluding carboxylic acids is 2. The summed E-state index contributed by atoms with van der Waals surface area (Å²) in [6.07, 6.45) is 0. The predicted octanol–water partition coefficient (Wildman–Crippen LogP) is 4.68. The first-order valence-electron chi connectivity index (χ1n) is 9.45. The molecule has 3 aromatic carbocycles. The molecule has 156 valence electrons. The molecule has 0 fully saturated rings. The van der Waals surface area contributed by atoms with Crippen LogP contribution in [0.4, 0.5) is 20.2 Å². The second kappa shape index (κ2) is 8.02. The van der Waals surface area contributed by atoms with E-state index in [0.29, 0.717) is 21.9 Å². The Hall–Kier alpha value is -4.00. The molecule has 0 spiro atoms. The van der Waals surface area contributed by atoms with Gasteiger partial charge in [-0.1, -0.05) is 35.9 Å². The van der Waals surface area contributed by atoms with Crippen molar-refractivity contribution in [3.63, 3.8) is 0 Å². The highest BCUT2D eigenvalue weighted by molar-refractivity contribution is 6.46. The minimum Gasteiger partial charge on any atom is -0.497 e. The van der Waals surface area contributed by atoms with Crippen LogP contribution in [0.25, 0.3) is 5.57 Å². The van der Waals surface area contributed by atoms with Crippen LogP contribution >= 0.6 is 0 Å². The van der Waals surface area contributed by atoms with Gasteiger partial charge in [0.25, 0.3) is 11.8 Å². The lowest BCUT2D eigenvalue weighted by molar-refractivity contribution is -0.120. The Morgan fingerprint density at radius 3 is 2.35 bits per heavy atom.